The van der Waals surface area contributed by atoms with Crippen molar-refractivity contribution in [1.29, 1.82) is 0 Å². The summed E-state index contributed by atoms with van der Waals surface area (Å²) in [7, 11) is 1.53. The first-order valence-electron chi connectivity index (χ1n) is 5.86. The molecular weight excluding hydrogens is 251 g/mol. The molecule has 0 aromatic carbocycles. The lowest BCUT2D eigenvalue weighted by atomic mass is 10.3. The van der Waals surface area contributed by atoms with E-state index < -0.39 is 18.8 Å². The first-order chi connectivity index (χ1) is 8.28. The van der Waals surface area contributed by atoms with Gasteiger partial charge in [0.2, 0.25) is 0 Å². The third-order valence-corrected chi connectivity index (χ3v) is 2.29. The van der Waals surface area contributed by atoms with Crippen molar-refractivity contribution in [2.75, 3.05) is 40.0 Å². The molecule has 0 fully saturated rings. The Morgan fingerprint density at radius 1 is 1.28 bits per heavy atom. The maximum atomic E-state index is 12.2. The van der Waals surface area contributed by atoms with Gasteiger partial charge in [0.1, 0.15) is 0 Å². The SMILES string of the molecule is CCN(CC(O)COC(C)COC)CC(F)(F)F. The van der Waals surface area contributed by atoms with Crippen LogP contribution in [0.3, 0.4) is 0 Å². The quantitative estimate of drug-likeness (QED) is 0.687. The number of nitrogens with zero attached hydrogens (tertiary/aromatic N) is 1. The first kappa shape index (κ1) is 17.6. The van der Waals surface area contributed by atoms with Crippen LogP contribution in [-0.4, -0.2) is 68.3 Å². The number of aliphatic hydroxyl groups is 1. The Kier molecular flexibility index (Phi) is 8.51. The molecule has 7 heteroatoms. The van der Waals surface area contributed by atoms with E-state index in [0.29, 0.717) is 6.61 Å². The Balaban J connectivity index is 3.93. The molecule has 1 N–H and O–H groups in total. The summed E-state index contributed by atoms with van der Waals surface area (Å²) in [6.45, 7) is 2.91. The molecule has 0 heterocycles. The smallest absolute Gasteiger partial charge is 0.389 e. The van der Waals surface area contributed by atoms with Gasteiger partial charge < -0.3 is 14.6 Å². The highest BCUT2D eigenvalue weighted by molar-refractivity contribution is 4.67. The normalized spacial score (nSPS) is 16.0. The number of likely N-dealkylation sites (N-methyl/N-ethyl adjacent to an activating group) is 1. The van der Waals surface area contributed by atoms with E-state index in [4.69, 9.17) is 9.47 Å². The largest absolute Gasteiger partial charge is 0.401 e. The zero-order chi connectivity index (χ0) is 14.2. The van der Waals surface area contributed by atoms with Crippen LogP contribution in [-0.2, 0) is 9.47 Å². The van der Waals surface area contributed by atoms with Gasteiger partial charge >= 0.3 is 6.18 Å². The number of ether oxygens (including phenoxy) is 2. The van der Waals surface area contributed by atoms with Crippen LogP contribution < -0.4 is 0 Å². The van der Waals surface area contributed by atoms with Crippen molar-refractivity contribution < 1.29 is 27.8 Å². The Hall–Kier alpha value is -0.370. The molecule has 0 bridgehead atoms. The van der Waals surface area contributed by atoms with Crippen LogP contribution in [0.4, 0.5) is 13.2 Å². The number of hydrogen-bond acceptors (Lipinski definition) is 4. The van der Waals surface area contributed by atoms with Gasteiger partial charge in [-0.1, -0.05) is 6.92 Å². The summed E-state index contributed by atoms with van der Waals surface area (Å²) >= 11 is 0. The summed E-state index contributed by atoms with van der Waals surface area (Å²) in [6.07, 6.45) is -5.38. The summed E-state index contributed by atoms with van der Waals surface area (Å²) in [5.41, 5.74) is 0. The molecule has 0 aromatic rings. The minimum Gasteiger partial charge on any atom is -0.389 e. The standard InChI is InChI=1S/C11H22F3NO3/c1-4-15(8-11(12,13)14)5-10(16)7-18-9(2)6-17-3/h9-10,16H,4-8H2,1-3H3. The Morgan fingerprint density at radius 3 is 2.33 bits per heavy atom. The van der Waals surface area contributed by atoms with Crippen molar-refractivity contribution in [3.8, 4) is 0 Å². The molecule has 18 heavy (non-hydrogen) atoms. The minimum atomic E-state index is -4.25. The van der Waals surface area contributed by atoms with E-state index in [1.807, 2.05) is 0 Å². The topological polar surface area (TPSA) is 41.9 Å². The summed E-state index contributed by atoms with van der Waals surface area (Å²) in [6, 6.07) is 0. The number of alkyl halides is 3. The van der Waals surface area contributed by atoms with E-state index >= 15 is 0 Å². The number of methoxy groups -OCH3 is 1. The molecule has 0 aromatic heterocycles. The number of halogens is 3. The molecule has 0 saturated heterocycles. The van der Waals surface area contributed by atoms with Crippen molar-refractivity contribution in [1.82, 2.24) is 4.90 Å². The van der Waals surface area contributed by atoms with Crippen molar-refractivity contribution in [3.63, 3.8) is 0 Å². The molecule has 4 nitrogen and oxygen atoms in total. The number of aliphatic hydroxyl groups excluding tert-OH is 1. The third kappa shape index (κ3) is 9.64. The molecule has 0 radical (unpaired) electrons. The van der Waals surface area contributed by atoms with Gasteiger partial charge in [-0.25, -0.2) is 0 Å². The summed E-state index contributed by atoms with van der Waals surface area (Å²) in [5, 5.41) is 9.59. The fourth-order valence-electron chi connectivity index (χ4n) is 1.47. The predicted octanol–water partition coefficient (Wildman–Crippen LogP) is 1.28. The second-order valence-electron chi connectivity index (χ2n) is 4.20. The van der Waals surface area contributed by atoms with Crippen molar-refractivity contribution in [2.45, 2.75) is 32.2 Å². The highest BCUT2D eigenvalue weighted by atomic mass is 19.4. The zero-order valence-electron chi connectivity index (χ0n) is 11.0. The Bertz CT molecular complexity index is 214. The molecule has 0 saturated carbocycles. The fraction of sp³-hybridized carbons (Fsp3) is 1.00. The second kappa shape index (κ2) is 8.68. The maximum Gasteiger partial charge on any atom is 0.401 e. The monoisotopic (exact) mass is 273 g/mol. The summed E-state index contributed by atoms with van der Waals surface area (Å²) in [4.78, 5) is 1.13. The zero-order valence-corrected chi connectivity index (χ0v) is 11.0. The predicted molar refractivity (Wildman–Crippen MR) is 61.5 cm³/mol. The van der Waals surface area contributed by atoms with E-state index in [9.17, 15) is 18.3 Å². The van der Waals surface area contributed by atoms with Crippen LogP contribution in [0, 0.1) is 0 Å². The van der Waals surface area contributed by atoms with E-state index in [-0.39, 0.29) is 25.8 Å². The van der Waals surface area contributed by atoms with E-state index in [1.54, 1.807) is 13.8 Å². The minimum absolute atomic E-state index is 0.00111. The van der Waals surface area contributed by atoms with Gasteiger partial charge in [0, 0.05) is 13.7 Å². The molecule has 110 valence electrons. The van der Waals surface area contributed by atoms with Gasteiger partial charge in [0.15, 0.2) is 0 Å². The molecule has 0 rings (SSSR count). The number of rotatable bonds is 9. The van der Waals surface area contributed by atoms with E-state index in [1.165, 1.54) is 7.11 Å². The molecular formula is C11H22F3NO3. The highest BCUT2D eigenvalue weighted by Gasteiger charge is 2.30. The number of hydrogen-bond donors (Lipinski definition) is 1. The van der Waals surface area contributed by atoms with Crippen LogP contribution in [0.1, 0.15) is 13.8 Å². The maximum absolute atomic E-state index is 12.2. The van der Waals surface area contributed by atoms with Crippen molar-refractivity contribution >= 4 is 0 Å². The first-order valence-corrected chi connectivity index (χ1v) is 5.86. The fourth-order valence-corrected chi connectivity index (χ4v) is 1.47. The van der Waals surface area contributed by atoms with Gasteiger partial charge in [0.25, 0.3) is 0 Å². The average molecular weight is 273 g/mol. The lowest BCUT2D eigenvalue weighted by Gasteiger charge is -2.25. The third-order valence-electron chi connectivity index (χ3n) is 2.29. The van der Waals surface area contributed by atoms with Gasteiger partial charge in [-0.15, -0.1) is 0 Å². The molecule has 2 unspecified atom stereocenters. The van der Waals surface area contributed by atoms with Crippen LogP contribution in [0.5, 0.6) is 0 Å². The van der Waals surface area contributed by atoms with Crippen LogP contribution in [0.2, 0.25) is 0 Å². The Labute approximate surface area is 106 Å². The van der Waals surface area contributed by atoms with Gasteiger partial charge in [0.05, 0.1) is 32.0 Å². The molecule has 0 aliphatic heterocycles. The second-order valence-corrected chi connectivity index (χ2v) is 4.20. The highest BCUT2D eigenvalue weighted by Crippen LogP contribution is 2.16. The molecule has 2 atom stereocenters. The van der Waals surface area contributed by atoms with Crippen LogP contribution in [0.15, 0.2) is 0 Å². The summed E-state index contributed by atoms with van der Waals surface area (Å²) < 4.78 is 46.6. The van der Waals surface area contributed by atoms with Gasteiger partial charge in [-0.2, -0.15) is 13.2 Å². The van der Waals surface area contributed by atoms with Crippen LogP contribution in [0.25, 0.3) is 0 Å². The van der Waals surface area contributed by atoms with Gasteiger partial charge in [-0.3, -0.25) is 4.90 Å². The molecule has 0 amide bonds. The van der Waals surface area contributed by atoms with E-state index in [2.05, 4.69) is 0 Å². The van der Waals surface area contributed by atoms with Crippen molar-refractivity contribution in [3.05, 3.63) is 0 Å². The summed E-state index contributed by atoms with van der Waals surface area (Å²) in [5.74, 6) is 0. The Morgan fingerprint density at radius 2 is 1.89 bits per heavy atom. The molecule has 0 aliphatic carbocycles. The van der Waals surface area contributed by atoms with Crippen molar-refractivity contribution in [2.24, 2.45) is 0 Å². The average Bonchev–Trinajstić information content (AvgIpc) is 2.24. The lowest BCUT2D eigenvalue weighted by Crippen LogP contribution is -2.41. The molecule has 0 spiro atoms. The van der Waals surface area contributed by atoms with Crippen LogP contribution >= 0.6 is 0 Å². The lowest BCUT2D eigenvalue weighted by molar-refractivity contribution is -0.149. The van der Waals surface area contributed by atoms with Gasteiger partial charge in [-0.05, 0) is 13.5 Å². The van der Waals surface area contributed by atoms with E-state index in [0.717, 1.165) is 4.90 Å². The molecule has 0 aliphatic rings.